The summed E-state index contributed by atoms with van der Waals surface area (Å²) >= 11 is 0. The maximum Gasteiger partial charge on any atom is 0.337 e. The molecule has 1 N–H and O–H groups in total. The first kappa shape index (κ1) is 20.9. The number of nitrogens with one attached hydrogen (secondary N) is 1. The summed E-state index contributed by atoms with van der Waals surface area (Å²) in [4.78, 5) is 39.6. The lowest BCUT2D eigenvalue weighted by Crippen LogP contribution is -2.52. The highest BCUT2D eigenvalue weighted by Crippen LogP contribution is 2.40. The Bertz CT molecular complexity index is 1230. The Hall–Kier alpha value is -3.94. The highest BCUT2D eigenvalue weighted by Gasteiger charge is 2.44. The van der Waals surface area contributed by atoms with Gasteiger partial charge >= 0.3 is 5.97 Å². The topological polar surface area (TPSA) is 102 Å². The molecule has 1 spiro atoms. The Balaban J connectivity index is 1.29. The number of benzene rings is 2. The Morgan fingerprint density at radius 2 is 1.91 bits per heavy atom. The molecule has 168 valence electrons. The number of carbonyl (C=O) groups is 3. The van der Waals surface area contributed by atoms with Crippen molar-refractivity contribution < 1.29 is 23.9 Å². The van der Waals surface area contributed by atoms with Crippen molar-refractivity contribution in [3.63, 3.8) is 0 Å². The lowest BCUT2D eigenvalue weighted by molar-refractivity contribution is -0.00571. The highest BCUT2D eigenvalue weighted by molar-refractivity contribution is 6.03. The number of ketones is 1. The summed E-state index contributed by atoms with van der Waals surface area (Å²) in [6.45, 7) is 0.992. The minimum Gasteiger partial charge on any atom is -0.486 e. The van der Waals surface area contributed by atoms with Crippen LogP contribution < -0.4 is 4.74 Å². The number of aromatic amines is 1. The molecule has 0 bridgehead atoms. The summed E-state index contributed by atoms with van der Waals surface area (Å²) in [7, 11) is 1.30. The summed E-state index contributed by atoms with van der Waals surface area (Å²) in [5, 5.41) is 6.88. The van der Waals surface area contributed by atoms with Crippen molar-refractivity contribution in [2.24, 2.45) is 0 Å². The van der Waals surface area contributed by atoms with E-state index in [4.69, 9.17) is 9.47 Å². The third-order valence-corrected chi connectivity index (χ3v) is 6.39. The molecule has 33 heavy (non-hydrogen) atoms. The number of hydrogen-bond donors (Lipinski definition) is 1. The van der Waals surface area contributed by atoms with Gasteiger partial charge in [0, 0.05) is 43.3 Å². The molecule has 0 saturated carbocycles. The summed E-state index contributed by atoms with van der Waals surface area (Å²) in [5.74, 6) is -0.120. The van der Waals surface area contributed by atoms with Crippen LogP contribution in [0, 0.1) is 0 Å². The van der Waals surface area contributed by atoms with E-state index in [-0.39, 0.29) is 18.1 Å². The highest BCUT2D eigenvalue weighted by atomic mass is 16.5. The number of fused-ring (bicyclic) bond motifs is 1. The molecule has 5 rings (SSSR count). The second kappa shape index (κ2) is 8.20. The van der Waals surface area contributed by atoms with E-state index in [0.29, 0.717) is 48.4 Å². The summed E-state index contributed by atoms with van der Waals surface area (Å²) < 4.78 is 11.0. The van der Waals surface area contributed by atoms with E-state index in [2.05, 4.69) is 10.2 Å². The number of Topliss-reactive ketones (excluding diaryl/α,β-unsaturated/α-hetero) is 1. The van der Waals surface area contributed by atoms with E-state index >= 15 is 0 Å². The Morgan fingerprint density at radius 3 is 2.64 bits per heavy atom. The summed E-state index contributed by atoms with van der Waals surface area (Å²) in [5.41, 5.74) is 2.45. The van der Waals surface area contributed by atoms with E-state index in [1.807, 2.05) is 30.3 Å². The number of likely N-dealkylation sites (tertiary alicyclic amines) is 1. The van der Waals surface area contributed by atoms with E-state index < -0.39 is 11.6 Å². The zero-order valence-electron chi connectivity index (χ0n) is 18.2. The molecule has 2 aliphatic rings. The number of nitrogens with zero attached hydrogens (tertiary/aromatic N) is 2. The number of carbonyl (C=O) groups excluding carboxylic acids is 3. The van der Waals surface area contributed by atoms with Crippen LogP contribution in [0.3, 0.4) is 0 Å². The molecule has 2 aliphatic heterocycles. The first-order valence-electron chi connectivity index (χ1n) is 10.8. The molecule has 3 heterocycles. The lowest BCUT2D eigenvalue weighted by atomic mass is 9.82. The lowest BCUT2D eigenvalue weighted by Gasteiger charge is -2.44. The van der Waals surface area contributed by atoms with Gasteiger partial charge in [-0.3, -0.25) is 14.7 Å². The third-order valence-electron chi connectivity index (χ3n) is 6.39. The molecule has 0 unspecified atom stereocenters. The second-order valence-corrected chi connectivity index (χ2v) is 8.43. The minimum absolute atomic E-state index is 0.0449. The molecule has 1 saturated heterocycles. The molecule has 0 atom stereocenters. The molecule has 3 aromatic rings. The quantitative estimate of drug-likeness (QED) is 0.619. The smallest absolute Gasteiger partial charge is 0.337 e. The summed E-state index contributed by atoms with van der Waals surface area (Å²) in [6.07, 6.45) is 3.02. The molecule has 2 aromatic carbocycles. The van der Waals surface area contributed by atoms with Gasteiger partial charge in [-0.2, -0.15) is 5.10 Å². The van der Waals surface area contributed by atoms with Gasteiger partial charge in [0.05, 0.1) is 30.4 Å². The van der Waals surface area contributed by atoms with Gasteiger partial charge in [-0.15, -0.1) is 0 Å². The Kier molecular flexibility index (Phi) is 5.20. The zero-order chi connectivity index (χ0) is 23.0. The van der Waals surface area contributed by atoms with Gasteiger partial charge in [0.15, 0.2) is 5.78 Å². The number of esters is 1. The maximum absolute atomic E-state index is 13.1. The van der Waals surface area contributed by atoms with Crippen LogP contribution in [0.15, 0.2) is 54.7 Å². The largest absolute Gasteiger partial charge is 0.486 e. The number of piperidine rings is 1. The fraction of sp³-hybridized carbons (Fsp3) is 0.280. The van der Waals surface area contributed by atoms with Crippen LogP contribution in [0.2, 0.25) is 0 Å². The molecule has 1 fully saturated rings. The van der Waals surface area contributed by atoms with Crippen molar-refractivity contribution in [1.82, 2.24) is 15.1 Å². The van der Waals surface area contributed by atoms with E-state index in [1.54, 1.807) is 23.2 Å². The van der Waals surface area contributed by atoms with E-state index in [1.165, 1.54) is 13.2 Å². The predicted molar refractivity (Wildman–Crippen MR) is 119 cm³/mol. The van der Waals surface area contributed by atoms with Crippen LogP contribution in [0.25, 0.3) is 11.3 Å². The van der Waals surface area contributed by atoms with Crippen molar-refractivity contribution in [3.05, 3.63) is 71.4 Å². The monoisotopic (exact) mass is 445 g/mol. The number of rotatable bonds is 3. The van der Waals surface area contributed by atoms with Crippen LogP contribution >= 0.6 is 0 Å². The zero-order valence-corrected chi connectivity index (χ0v) is 18.2. The van der Waals surface area contributed by atoms with Crippen LogP contribution in [0.1, 0.15) is 50.3 Å². The molecule has 8 nitrogen and oxygen atoms in total. The van der Waals surface area contributed by atoms with Gasteiger partial charge < -0.3 is 14.4 Å². The number of methoxy groups -OCH3 is 1. The second-order valence-electron chi connectivity index (χ2n) is 8.43. The van der Waals surface area contributed by atoms with E-state index in [0.717, 1.165) is 11.3 Å². The number of amides is 1. The number of hydrogen-bond acceptors (Lipinski definition) is 6. The van der Waals surface area contributed by atoms with Gasteiger partial charge in [-0.25, -0.2) is 4.79 Å². The van der Waals surface area contributed by atoms with Crippen molar-refractivity contribution in [1.29, 1.82) is 0 Å². The summed E-state index contributed by atoms with van der Waals surface area (Å²) in [6, 6.07) is 14.1. The Morgan fingerprint density at radius 1 is 1.09 bits per heavy atom. The molecule has 0 aliphatic carbocycles. The van der Waals surface area contributed by atoms with Crippen LogP contribution in [0.4, 0.5) is 0 Å². The van der Waals surface area contributed by atoms with Gasteiger partial charge in [0.2, 0.25) is 0 Å². The van der Waals surface area contributed by atoms with Crippen molar-refractivity contribution in [3.8, 4) is 17.0 Å². The molecule has 8 heteroatoms. The molecule has 0 radical (unpaired) electrons. The molecular weight excluding hydrogens is 422 g/mol. The molecule has 1 aromatic heterocycles. The third kappa shape index (κ3) is 3.88. The maximum atomic E-state index is 13.1. The molecule has 1 amide bonds. The van der Waals surface area contributed by atoms with Crippen molar-refractivity contribution in [2.45, 2.75) is 24.9 Å². The fourth-order valence-corrected chi connectivity index (χ4v) is 4.55. The van der Waals surface area contributed by atoms with Crippen molar-refractivity contribution >= 4 is 17.7 Å². The number of ether oxygens (including phenoxy) is 2. The molecular formula is C25H23N3O5. The average Bonchev–Trinajstić information content (AvgIpc) is 3.39. The standard InChI is InChI=1S/C25H23N3O5/c1-32-24(31)18-5-6-22-19(14-18)21(29)15-25(33-22)8-11-28(12-9-25)23(30)17-4-2-3-16(13-17)20-7-10-26-27-20/h2-7,10,13-14H,8-9,11-12,15H2,1H3,(H,26,27). The number of aromatic nitrogens is 2. The van der Waals surface area contributed by atoms with Gasteiger partial charge in [0.25, 0.3) is 5.91 Å². The first-order chi connectivity index (χ1) is 16.0. The van der Waals surface area contributed by atoms with E-state index in [9.17, 15) is 14.4 Å². The van der Waals surface area contributed by atoms with Crippen LogP contribution in [-0.2, 0) is 4.74 Å². The van der Waals surface area contributed by atoms with Gasteiger partial charge in [0.1, 0.15) is 11.4 Å². The average molecular weight is 445 g/mol. The minimum atomic E-state index is -0.634. The SMILES string of the molecule is COC(=O)c1ccc2c(c1)C(=O)CC1(CCN(C(=O)c3cccc(-c4ccn[nH]4)c3)CC1)O2. The number of H-pyrrole nitrogens is 1. The van der Waals surface area contributed by atoms with Crippen LogP contribution in [0.5, 0.6) is 5.75 Å². The predicted octanol–water partition coefficient (Wildman–Crippen LogP) is 3.50. The Labute approximate surface area is 190 Å². The first-order valence-corrected chi connectivity index (χ1v) is 10.8. The van der Waals surface area contributed by atoms with Crippen molar-refractivity contribution in [2.75, 3.05) is 20.2 Å². The fourth-order valence-electron chi connectivity index (χ4n) is 4.55. The van der Waals surface area contributed by atoms with Gasteiger partial charge in [-0.1, -0.05) is 12.1 Å². The normalized spacial score (nSPS) is 16.8. The van der Waals surface area contributed by atoms with Gasteiger partial charge in [-0.05, 0) is 36.4 Å². The van der Waals surface area contributed by atoms with Crippen LogP contribution in [-0.4, -0.2) is 58.6 Å².